The van der Waals surface area contributed by atoms with Crippen LogP contribution in [0.4, 0.5) is 5.69 Å². The molecule has 0 saturated heterocycles. The van der Waals surface area contributed by atoms with Crippen molar-refractivity contribution >= 4 is 45.6 Å². The second-order valence-corrected chi connectivity index (χ2v) is 8.34. The number of rotatable bonds is 5. The number of fused-ring (bicyclic) bond motifs is 1. The Morgan fingerprint density at radius 3 is 2.79 bits per heavy atom. The molecule has 4 nitrogen and oxygen atoms in total. The van der Waals surface area contributed by atoms with Gasteiger partial charge in [-0.05, 0) is 42.1 Å². The molecule has 0 spiro atoms. The van der Waals surface area contributed by atoms with Crippen molar-refractivity contribution in [1.29, 1.82) is 0 Å². The smallest absolute Gasteiger partial charge is 0.265 e. The minimum Gasteiger partial charge on any atom is -0.357 e. The van der Waals surface area contributed by atoms with Crippen molar-refractivity contribution in [3.63, 3.8) is 0 Å². The number of aromatic nitrogens is 1. The van der Waals surface area contributed by atoms with Crippen molar-refractivity contribution in [3.05, 3.63) is 92.4 Å². The van der Waals surface area contributed by atoms with E-state index in [2.05, 4.69) is 10.3 Å². The summed E-state index contributed by atoms with van der Waals surface area (Å²) in [7, 11) is 0. The number of hydrogen-bond acceptors (Lipinski definition) is 4. The summed E-state index contributed by atoms with van der Waals surface area (Å²) in [6.07, 6.45) is 0. The van der Waals surface area contributed by atoms with Crippen molar-refractivity contribution in [2.45, 2.75) is 17.6 Å². The van der Waals surface area contributed by atoms with Crippen LogP contribution >= 0.6 is 23.1 Å². The summed E-state index contributed by atoms with van der Waals surface area (Å²) < 4.78 is 0. The third kappa shape index (κ3) is 3.88. The van der Waals surface area contributed by atoms with Crippen LogP contribution in [0.2, 0.25) is 0 Å². The second-order valence-electron chi connectivity index (χ2n) is 6.37. The number of para-hydroxylation sites is 2. The molecule has 0 unspecified atom stereocenters. The first-order chi connectivity index (χ1) is 13.6. The lowest BCUT2D eigenvalue weighted by molar-refractivity contribution is 0.103. The summed E-state index contributed by atoms with van der Waals surface area (Å²) in [4.78, 5) is 29.8. The Balaban J connectivity index is 1.56. The molecule has 2 aromatic carbocycles. The number of carbonyl (C=O) groups excluding carboxylic acids is 1. The summed E-state index contributed by atoms with van der Waals surface area (Å²) in [6.45, 7) is 1.99. The van der Waals surface area contributed by atoms with Crippen molar-refractivity contribution in [2.75, 3.05) is 5.32 Å². The Morgan fingerprint density at radius 1 is 1.11 bits per heavy atom. The van der Waals surface area contributed by atoms with E-state index in [1.807, 2.05) is 60.8 Å². The third-order valence-electron chi connectivity index (χ3n) is 4.39. The molecular formula is C22H18N2O2S2. The van der Waals surface area contributed by atoms with Gasteiger partial charge in [0.15, 0.2) is 5.43 Å². The van der Waals surface area contributed by atoms with Gasteiger partial charge >= 0.3 is 0 Å². The quantitative estimate of drug-likeness (QED) is 0.434. The van der Waals surface area contributed by atoms with Crippen LogP contribution in [0, 0.1) is 6.92 Å². The molecule has 4 rings (SSSR count). The Morgan fingerprint density at radius 2 is 1.96 bits per heavy atom. The maximum absolute atomic E-state index is 12.4. The molecule has 2 heterocycles. The minimum absolute atomic E-state index is 0.0207. The number of nitrogens with one attached hydrogen (secondary N) is 2. The SMILES string of the molecule is Cc1cccc2c(=O)cc(CSc3ccccc3NC(=O)c3cccs3)[nH]c12. The van der Waals surface area contributed by atoms with E-state index < -0.39 is 0 Å². The van der Waals surface area contributed by atoms with Gasteiger partial charge in [0.2, 0.25) is 0 Å². The number of amides is 1. The first-order valence-corrected chi connectivity index (χ1v) is 10.7. The predicted octanol–water partition coefficient (Wildman–Crippen LogP) is 5.44. The summed E-state index contributed by atoms with van der Waals surface area (Å²) >= 11 is 2.99. The zero-order valence-corrected chi connectivity index (χ0v) is 16.8. The van der Waals surface area contributed by atoms with E-state index in [1.165, 1.54) is 11.3 Å². The Labute approximate surface area is 170 Å². The molecule has 28 heavy (non-hydrogen) atoms. The monoisotopic (exact) mass is 406 g/mol. The summed E-state index contributed by atoms with van der Waals surface area (Å²) in [5.74, 6) is 0.489. The standard InChI is InChI=1S/C22H18N2O2S2/c1-14-6-4-7-16-18(25)12-15(23-21(14)16)13-28-19-9-3-2-8-17(19)24-22(26)20-10-5-11-27-20/h2-12H,13H2,1H3,(H,23,25)(H,24,26). The highest BCUT2D eigenvalue weighted by Crippen LogP contribution is 2.30. The van der Waals surface area contributed by atoms with Gasteiger partial charge in [-0.25, -0.2) is 0 Å². The molecule has 6 heteroatoms. The lowest BCUT2D eigenvalue weighted by atomic mass is 10.1. The Bertz CT molecular complexity index is 1200. The van der Waals surface area contributed by atoms with E-state index >= 15 is 0 Å². The topological polar surface area (TPSA) is 62.0 Å². The van der Waals surface area contributed by atoms with Crippen LogP contribution in [0.15, 0.2) is 75.7 Å². The summed E-state index contributed by atoms with van der Waals surface area (Å²) in [5, 5.41) is 5.57. The number of anilines is 1. The van der Waals surface area contributed by atoms with Crippen molar-refractivity contribution in [1.82, 2.24) is 4.98 Å². The molecular weight excluding hydrogens is 388 g/mol. The number of hydrogen-bond donors (Lipinski definition) is 2. The van der Waals surface area contributed by atoms with E-state index in [-0.39, 0.29) is 11.3 Å². The molecule has 0 fully saturated rings. The van der Waals surface area contributed by atoms with Crippen LogP contribution in [0.25, 0.3) is 10.9 Å². The first-order valence-electron chi connectivity index (χ1n) is 8.80. The second kappa shape index (κ2) is 8.04. The molecule has 0 bridgehead atoms. The third-order valence-corrected chi connectivity index (χ3v) is 6.38. The number of thioether (sulfide) groups is 1. The highest BCUT2D eigenvalue weighted by Gasteiger charge is 2.11. The minimum atomic E-state index is -0.113. The summed E-state index contributed by atoms with van der Waals surface area (Å²) in [5.41, 5.74) is 3.57. The largest absolute Gasteiger partial charge is 0.357 e. The predicted molar refractivity (Wildman–Crippen MR) is 118 cm³/mol. The van der Waals surface area contributed by atoms with E-state index in [1.54, 1.807) is 23.9 Å². The van der Waals surface area contributed by atoms with Crippen LogP contribution in [0.5, 0.6) is 0 Å². The molecule has 0 atom stereocenters. The van der Waals surface area contributed by atoms with E-state index in [4.69, 9.17) is 0 Å². The van der Waals surface area contributed by atoms with Crippen molar-refractivity contribution < 1.29 is 4.79 Å². The molecule has 0 aliphatic rings. The number of thiophene rings is 1. The highest BCUT2D eigenvalue weighted by molar-refractivity contribution is 7.98. The zero-order valence-electron chi connectivity index (χ0n) is 15.2. The molecule has 4 aromatic rings. The average Bonchev–Trinajstić information content (AvgIpc) is 3.23. The van der Waals surface area contributed by atoms with Crippen LogP contribution < -0.4 is 10.7 Å². The van der Waals surface area contributed by atoms with Crippen molar-refractivity contribution in [3.8, 4) is 0 Å². The van der Waals surface area contributed by atoms with E-state index in [0.29, 0.717) is 16.0 Å². The lowest BCUT2D eigenvalue weighted by Gasteiger charge is -2.11. The van der Waals surface area contributed by atoms with Gasteiger partial charge in [-0.2, -0.15) is 0 Å². The van der Waals surface area contributed by atoms with Crippen LogP contribution in [0.1, 0.15) is 20.9 Å². The number of aromatic amines is 1. The van der Waals surface area contributed by atoms with Gasteiger partial charge in [0.25, 0.3) is 5.91 Å². The molecule has 1 amide bonds. The Kier molecular flexibility index (Phi) is 5.32. The van der Waals surface area contributed by atoms with Gasteiger partial charge < -0.3 is 10.3 Å². The van der Waals surface area contributed by atoms with Gasteiger partial charge in [0.1, 0.15) is 0 Å². The number of pyridine rings is 1. The molecule has 0 aliphatic heterocycles. The fourth-order valence-corrected chi connectivity index (χ4v) is 4.53. The van der Waals surface area contributed by atoms with Gasteiger partial charge in [-0.1, -0.05) is 30.3 Å². The molecule has 2 N–H and O–H groups in total. The first kappa shape index (κ1) is 18.5. The number of carbonyl (C=O) groups is 1. The molecule has 0 radical (unpaired) electrons. The van der Waals surface area contributed by atoms with Crippen LogP contribution in [-0.2, 0) is 5.75 Å². The van der Waals surface area contributed by atoms with Gasteiger partial charge in [-0.15, -0.1) is 23.1 Å². The fourth-order valence-electron chi connectivity index (χ4n) is 2.99. The molecule has 140 valence electrons. The molecule has 2 aromatic heterocycles. The van der Waals surface area contributed by atoms with Crippen LogP contribution in [0.3, 0.4) is 0 Å². The normalized spacial score (nSPS) is 10.9. The highest BCUT2D eigenvalue weighted by atomic mass is 32.2. The Hall–Kier alpha value is -2.83. The maximum atomic E-state index is 12.4. The van der Waals surface area contributed by atoms with E-state index in [0.717, 1.165) is 27.4 Å². The van der Waals surface area contributed by atoms with Gasteiger partial charge in [0.05, 0.1) is 16.1 Å². The maximum Gasteiger partial charge on any atom is 0.265 e. The summed E-state index contributed by atoms with van der Waals surface area (Å²) in [6, 6.07) is 18.7. The number of benzene rings is 2. The van der Waals surface area contributed by atoms with E-state index in [9.17, 15) is 9.59 Å². The molecule has 0 aliphatic carbocycles. The fraction of sp³-hybridized carbons (Fsp3) is 0.0909. The zero-order chi connectivity index (χ0) is 19.5. The number of H-pyrrole nitrogens is 1. The lowest BCUT2D eigenvalue weighted by Crippen LogP contribution is -2.10. The van der Waals surface area contributed by atoms with Crippen LogP contribution in [-0.4, -0.2) is 10.9 Å². The van der Waals surface area contributed by atoms with Crippen molar-refractivity contribution in [2.24, 2.45) is 0 Å². The van der Waals surface area contributed by atoms with Gasteiger partial charge in [0, 0.05) is 27.8 Å². The average molecular weight is 407 g/mol. The number of aryl methyl sites for hydroxylation is 1. The van der Waals surface area contributed by atoms with Gasteiger partial charge in [-0.3, -0.25) is 9.59 Å². The molecule has 0 saturated carbocycles.